The number of fused-ring (bicyclic) bond motifs is 1. The molecule has 80 valence electrons. The van der Waals surface area contributed by atoms with Crippen LogP contribution in [0.4, 0.5) is 11.4 Å². The summed E-state index contributed by atoms with van der Waals surface area (Å²) in [6.45, 7) is 1.06. The zero-order valence-corrected chi connectivity index (χ0v) is 9.35. The van der Waals surface area contributed by atoms with Crippen molar-refractivity contribution in [3.8, 4) is 0 Å². The molecule has 0 bridgehead atoms. The molecule has 2 aliphatic rings. The Kier molecular flexibility index (Phi) is 2.24. The van der Waals surface area contributed by atoms with Crippen LogP contribution in [0.2, 0.25) is 5.02 Å². The van der Waals surface area contributed by atoms with E-state index in [-0.39, 0.29) is 0 Å². The third-order valence-electron chi connectivity index (χ3n) is 3.28. The predicted molar refractivity (Wildman–Crippen MR) is 64.7 cm³/mol. The summed E-state index contributed by atoms with van der Waals surface area (Å²) in [5.74, 6) is 0.886. The van der Waals surface area contributed by atoms with Gasteiger partial charge >= 0.3 is 0 Å². The van der Waals surface area contributed by atoms with Crippen molar-refractivity contribution < 1.29 is 0 Å². The molecule has 1 aromatic carbocycles. The fourth-order valence-corrected chi connectivity index (χ4v) is 2.45. The lowest BCUT2D eigenvalue weighted by molar-refractivity contribution is 0.609. The van der Waals surface area contributed by atoms with Gasteiger partial charge in [-0.05, 0) is 43.4 Å². The summed E-state index contributed by atoms with van der Waals surface area (Å²) in [7, 11) is 0. The van der Waals surface area contributed by atoms with Gasteiger partial charge in [0, 0.05) is 17.6 Å². The highest BCUT2D eigenvalue weighted by Crippen LogP contribution is 2.38. The Balaban J connectivity index is 1.89. The molecule has 0 radical (unpaired) electrons. The van der Waals surface area contributed by atoms with Crippen LogP contribution in [0.5, 0.6) is 0 Å². The summed E-state index contributed by atoms with van der Waals surface area (Å²) in [6.07, 6.45) is 3.97. The van der Waals surface area contributed by atoms with E-state index in [1.807, 2.05) is 12.1 Å². The average Bonchev–Trinajstić information content (AvgIpc) is 3.03. The van der Waals surface area contributed by atoms with Gasteiger partial charge in [-0.25, -0.2) is 0 Å². The maximum atomic E-state index is 6.01. The number of halogens is 1. The monoisotopic (exact) mass is 222 g/mol. The van der Waals surface area contributed by atoms with Crippen LogP contribution in [-0.4, -0.2) is 12.6 Å². The van der Waals surface area contributed by atoms with E-state index in [9.17, 15) is 0 Å². The second kappa shape index (κ2) is 3.60. The van der Waals surface area contributed by atoms with E-state index in [2.05, 4.69) is 16.7 Å². The van der Waals surface area contributed by atoms with Gasteiger partial charge < -0.3 is 10.6 Å². The Morgan fingerprint density at radius 3 is 2.80 bits per heavy atom. The number of nitrogens with one attached hydrogen (secondary N) is 2. The fraction of sp³-hybridized carbons (Fsp3) is 0.500. The Hall–Kier alpha value is -0.890. The molecule has 0 amide bonds. The minimum absolute atomic E-state index is 0.636. The fourth-order valence-electron chi connectivity index (χ4n) is 2.28. The van der Waals surface area contributed by atoms with Crippen LogP contribution in [0.1, 0.15) is 19.3 Å². The molecule has 1 unspecified atom stereocenters. The molecule has 3 heteroatoms. The van der Waals surface area contributed by atoms with E-state index in [4.69, 9.17) is 11.6 Å². The average molecular weight is 223 g/mol. The maximum Gasteiger partial charge on any atom is 0.0593 e. The van der Waals surface area contributed by atoms with Gasteiger partial charge in [-0.15, -0.1) is 0 Å². The van der Waals surface area contributed by atoms with Crippen LogP contribution in [0.15, 0.2) is 18.2 Å². The van der Waals surface area contributed by atoms with Crippen molar-refractivity contribution in [2.75, 3.05) is 17.2 Å². The first-order valence-corrected chi connectivity index (χ1v) is 6.01. The second-order valence-corrected chi connectivity index (χ2v) is 4.93. The summed E-state index contributed by atoms with van der Waals surface area (Å²) in [5.41, 5.74) is 2.35. The molecule has 1 saturated carbocycles. The van der Waals surface area contributed by atoms with Gasteiger partial charge in [0.05, 0.1) is 11.4 Å². The van der Waals surface area contributed by atoms with E-state index in [0.29, 0.717) is 6.04 Å². The zero-order valence-electron chi connectivity index (χ0n) is 8.59. The van der Waals surface area contributed by atoms with Gasteiger partial charge in [-0.2, -0.15) is 0 Å². The first kappa shape index (κ1) is 9.34. The molecule has 1 fully saturated rings. The van der Waals surface area contributed by atoms with Crippen LogP contribution in [0.3, 0.4) is 0 Å². The minimum atomic E-state index is 0.636. The van der Waals surface area contributed by atoms with Crippen molar-refractivity contribution in [1.82, 2.24) is 0 Å². The summed E-state index contributed by atoms with van der Waals surface area (Å²) in [5, 5.41) is 7.86. The predicted octanol–water partition coefficient (Wildman–Crippen LogP) is 3.35. The van der Waals surface area contributed by atoms with Crippen molar-refractivity contribution in [2.45, 2.75) is 25.3 Å². The molecule has 0 aromatic heterocycles. The van der Waals surface area contributed by atoms with Gasteiger partial charge in [0.15, 0.2) is 0 Å². The van der Waals surface area contributed by atoms with Crippen molar-refractivity contribution in [1.29, 1.82) is 0 Å². The topological polar surface area (TPSA) is 24.1 Å². The summed E-state index contributed by atoms with van der Waals surface area (Å²) in [6, 6.07) is 6.65. The molecule has 0 spiro atoms. The van der Waals surface area contributed by atoms with Crippen LogP contribution in [0, 0.1) is 5.92 Å². The van der Waals surface area contributed by atoms with E-state index < -0.39 is 0 Å². The lowest BCUT2D eigenvalue weighted by Gasteiger charge is -2.16. The molecule has 1 aliphatic heterocycles. The van der Waals surface area contributed by atoms with Crippen LogP contribution in [0.25, 0.3) is 0 Å². The number of hydrogen-bond acceptors (Lipinski definition) is 2. The number of hydrogen-bond donors (Lipinski definition) is 2. The van der Waals surface area contributed by atoms with E-state index in [1.54, 1.807) is 0 Å². The van der Waals surface area contributed by atoms with Gasteiger partial charge in [-0.3, -0.25) is 0 Å². The molecule has 1 heterocycles. The Bertz CT molecular complexity index is 374. The van der Waals surface area contributed by atoms with Crippen LogP contribution >= 0.6 is 11.6 Å². The van der Waals surface area contributed by atoms with Gasteiger partial charge in [-0.1, -0.05) is 11.6 Å². The Labute approximate surface area is 95.0 Å². The smallest absolute Gasteiger partial charge is 0.0593 e. The molecular formula is C12H15ClN2. The molecule has 3 rings (SSSR count). The molecule has 1 atom stereocenters. The largest absolute Gasteiger partial charge is 0.383 e. The van der Waals surface area contributed by atoms with Gasteiger partial charge in [0.25, 0.3) is 0 Å². The highest BCUT2D eigenvalue weighted by Gasteiger charge is 2.32. The van der Waals surface area contributed by atoms with Crippen LogP contribution in [-0.2, 0) is 0 Å². The maximum absolute atomic E-state index is 6.01. The molecule has 2 N–H and O–H groups in total. The van der Waals surface area contributed by atoms with Crippen molar-refractivity contribution in [3.63, 3.8) is 0 Å². The van der Waals surface area contributed by atoms with Crippen molar-refractivity contribution in [3.05, 3.63) is 23.2 Å². The number of benzene rings is 1. The normalized spacial score (nSPS) is 24.7. The van der Waals surface area contributed by atoms with Crippen molar-refractivity contribution in [2.24, 2.45) is 5.92 Å². The number of rotatable bonds is 1. The molecule has 1 aliphatic carbocycles. The molecular weight excluding hydrogens is 208 g/mol. The van der Waals surface area contributed by atoms with Gasteiger partial charge in [0.1, 0.15) is 0 Å². The third-order valence-corrected chi connectivity index (χ3v) is 3.52. The highest BCUT2D eigenvalue weighted by atomic mass is 35.5. The zero-order chi connectivity index (χ0) is 10.3. The lowest BCUT2D eigenvalue weighted by Crippen LogP contribution is -2.21. The quantitative estimate of drug-likeness (QED) is 0.762. The van der Waals surface area contributed by atoms with Crippen LogP contribution < -0.4 is 10.6 Å². The SMILES string of the molecule is Clc1ccc2c(c1)NC(C1CC1)CCN2. The van der Waals surface area contributed by atoms with E-state index in [1.165, 1.54) is 24.9 Å². The van der Waals surface area contributed by atoms with Gasteiger partial charge in [0.2, 0.25) is 0 Å². The first-order chi connectivity index (χ1) is 7.33. The minimum Gasteiger partial charge on any atom is -0.383 e. The standard InChI is InChI=1S/C12H15ClN2/c13-9-3-4-11-12(7-9)15-10(5-6-14-11)8-1-2-8/h3-4,7-8,10,14-15H,1-2,5-6H2. The first-order valence-electron chi connectivity index (χ1n) is 5.63. The summed E-state index contributed by atoms with van der Waals surface area (Å²) < 4.78 is 0. The Morgan fingerprint density at radius 1 is 1.13 bits per heavy atom. The second-order valence-electron chi connectivity index (χ2n) is 4.49. The molecule has 1 aromatic rings. The van der Waals surface area contributed by atoms with Crippen molar-refractivity contribution >= 4 is 23.0 Å². The van der Waals surface area contributed by atoms with E-state index in [0.717, 1.165) is 23.2 Å². The molecule has 0 saturated heterocycles. The number of anilines is 2. The Morgan fingerprint density at radius 2 is 2.00 bits per heavy atom. The highest BCUT2D eigenvalue weighted by molar-refractivity contribution is 6.31. The summed E-state index contributed by atoms with van der Waals surface area (Å²) in [4.78, 5) is 0. The third kappa shape index (κ3) is 1.91. The molecule has 2 nitrogen and oxygen atoms in total. The summed E-state index contributed by atoms with van der Waals surface area (Å²) >= 11 is 6.01. The van der Waals surface area contributed by atoms with E-state index >= 15 is 0 Å². The lowest BCUT2D eigenvalue weighted by atomic mass is 10.1. The molecule has 15 heavy (non-hydrogen) atoms.